The Kier molecular flexibility index (Phi) is 2.02. The quantitative estimate of drug-likeness (QED) is 0.600. The molecule has 0 aliphatic carbocycles. The number of hydrogen-bond donors (Lipinski definition) is 0. The van der Waals surface area contributed by atoms with Crippen LogP contribution in [-0.4, -0.2) is 18.1 Å². The summed E-state index contributed by atoms with van der Waals surface area (Å²) >= 11 is 0. The van der Waals surface area contributed by atoms with Gasteiger partial charge in [-0.25, -0.2) is 4.98 Å². The van der Waals surface area contributed by atoms with Crippen molar-refractivity contribution in [1.82, 2.24) is 4.98 Å². The first-order valence-corrected chi connectivity index (χ1v) is 4.80. The summed E-state index contributed by atoms with van der Waals surface area (Å²) in [6.07, 6.45) is 1.85. The van der Waals surface area contributed by atoms with Crippen LogP contribution in [-0.2, 0) is 0 Å². The molecule has 2 heterocycles. The predicted octanol–water partition coefficient (Wildman–Crippen LogP) is 1.04. The average Bonchev–Trinajstić information content (AvgIpc) is 2.01. The van der Waals surface area contributed by atoms with Crippen LogP contribution in [0, 0.1) is 5.92 Å². The molecule has 1 saturated heterocycles. The van der Waals surface area contributed by atoms with Crippen LogP contribution in [0.15, 0.2) is 18.3 Å². The Bertz CT molecular complexity index is 282. The lowest BCUT2D eigenvalue weighted by molar-refractivity contribution is 0.444. The van der Waals surface area contributed by atoms with E-state index in [0.717, 1.165) is 24.8 Å². The molecule has 1 fully saturated rings. The van der Waals surface area contributed by atoms with E-state index < -0.39 is 0 Å². The number of nitrogens with zero attached hydrogens (tertiary/aromatic N) is 2. The van der Waals surface area contributed by atoms with E-state index in [9.17, 15) is 0 Å². The van der Waals surface area contributed by atoms with Gasteiger partial charge in [-0.15, -0.1) is 9.24 Å². The van der Waals surface area contributed by atoms with Gasteiger partial charge in [0.15, 0.2) is 0 Å². The summed E-state index contributed by atoms with van der Waals surface area (Å²) in [5.41, 5.74) is 0. The van der Waals surface area contributed by atoms with Crippen LogP contribution in [0.4, 0.5) is 5.82 Å². The number of aromatic nitrogens is 1. The van der Waals surface area contributed by atoms with Crippen molar-refractivity contribution in [3.8, 4) is 0 Å². The van der Waals surface area contributed by atoms with Crippen molar-refractivity contribution >= 4 is 20.4 Å². The molecular formula is C9H13N2P. The molecule has 0 bridgehead atoms. The van der Waals surface area contributed by atoms with Crippen LogP contribution in [0.3, 0.4) is 0 Å². The zero-order valence-corrected chi connectivity index (χ0v) is 8.35. The van der Waals surface area contributed by atoms with E-state index in [4.69, 9.17) is 0 Å². The van der Waals surface area contributed by atoms with Crippen LogP contribution in [0.2, 0.25) is 0 Å². The minimum atomic E-state index is 0.830. The number of anilines is 1. The minimum Gasteiger partial charge on any atom is -0.355 e. The van der Waals surface area contributed by atoms with Gasteiger partial charge in [0.25, 0.3) is 0 Å². The predicted molar refractivity (Wildman–Crippen MR) is 55.0 cm³/mol. The van der Waals surface area contributed by atoms with E-state index >= 15 is 0 Å². The van der Waals surface area contributed by atoms with Crippen LogP contribution >= 0.6 is 9.24 Å². The van der Waals surface area contributed by atoms with Gasteiger partial charge in [-0.1, -0.05) is 6.92 Å². The fraction of sp³-hybridized carbons (Fsp3) is 0.444. The topological polar surface area (TPSA) is 16.1 Å². The maximum atomic E-state index is 4.34. The monoisotopic (exact) mass is 180 g/mol. The largest absolute Gasteiger partial charge is 0.355 e. The van der Waals surface area contributed by atoms with Gasteiger partial charge < -0.3 is 4.90 Å². The highest BCUT2D eigenvalue weighted by Crippen LogP contribution is 2.21. The molecule has 12 heavy (non-hydrogen) atoms. The summed E-state index contributed by atoms with van der Waals surface area (Å²) < 4.78 is 0. The molecule has 0 radical (unpaired) electrons. The SMILES string of the molecule is CC1CN(c2ncccc2P)C1. The minimum absolute atomic E-state index is 0.830. The number of rotatable bonds is 1. The first-order chi connectivity index (χ1) is 5.77. The van der Waals surface area contributed by atoms with E-state index in [-0.39, 0.29) is 0 Å². The molecule has 0 N–H and O–H groups in total. The van der Waals surface area contributed by atoms with Gasteiger partial charge >= 0.3 is 0 Å². The van der Waals surface area contributed by atoms with Gasteiger partial charge in [-0.05, 0) is 18.1 Å². The second-order valence-corrected chi connectivity index (χ2v) is 4.05. The van der Waals surface area contributed by atoms with E-state index in [1.165, 1.54) is 5.30 Å². The van der Waals surface area contributed by atoms with Crippen molar-refractivity contribution in [2.75, 3.05) is 18.0 Å². The van der Waals surface area contributed by atoms with Crippen molar-refractivity contribution in [2.45, 2.75) is 6.92 Å². The van der Waals surface area contributed by atoms with Gasteiger partial charge in [-0.2, -0.15) is 0 Å². The van der Waals surface area contributed by atoms with Gasteiger partial charge in [0, 0.05) is 24.6 Å². The zero-order chi connectivity index (χ0) is 8.55. The maximum absolute atomic E-state index is 4.34. The van der Waals surface area contributed by atoms with Crippen molar-refractivity contribution < 1.29 is 0 Å². The summed E-state index contributed by atoms with van der Waals surface area (Å²) in [6, 6.07) is 4.05. The molecule has 0 saturated carbocycles. The molecule has 2 nitrogen and oxygen atoms in total. The van der Waals surface area contributed by atoms with Crippen LogP contribution in [0.25, 0.3) is 0 Å². The molecule has 1 atom stereocenters. The van der Waals surface area contributed by atoms with E-state index in [1.54, 1.807) is 0 Å². The Labute approximate surface area is 75.2 Å². The third-order valence-electron chi connectivity index (χ3n) is 2.18. The van der Waals surface area contributed by atoms with Gasteiger partial charge in [0.05, 0.1) is 0 Å². The lowest BCUT2D eigenvalue weighted by Crippen LogP contribution is -2.47. The fourth-order valence-electron chi connectivity index (χ4n) is 1.55. The summed E-state index contributed by atoms with van der Waals surface area (Å²) in [6.45, 7) is 4.57. The van der Waals surface area contributed by atoms with Crippen molar-refractivity contribution in [1.29, 1.82) is 0 Å². The van der Waals surface area contributed by atoms with Gasteiger partial charge in [-0.3, -0.25) is 0 Å². The standard InChI is InChI=1S/C9H13N2P/c1-7-5-11(6-7)9-8(12)3-2-4-10-9/h2-4,7H,5-6,12H2,1H3. The molecule has 0 amide bonds. The average molecular weight is 180 g/mol. The molecule has 1 unspecified atom stereocenters. The summed E-state index contributed by atoms with van der Waals surface area (Å²) in [7, 11) is 2.73. The third-order valence-corrected chi connectivity index (χ3v) is 2.63. The lowest BCUT2D eigenvalue weighted by atomic mass is 10.0. The first-order valence-electron chi connectivity index (χ1n) is 4.23. The van der Waals surface area contributed by atoms with Crippen LogP contribution in [0.5, 0.6) is 0 Å². The number of hydrogen-bond acceptors (Lipinski definition) is 2. The molecule has 0 spiro atoms. The molecule has 1 aromatic rings. The Morgan fingerprint density at radius 3 is 2.92 bits per heavy atom. The number of pyridine rings is 1. The Hall–Kier alpha value is -0.620. The maximum Gasteiger partial charge on any atom is 0.135 e. The zero-order valence-electron chi connectivity index (χ0n) is 7.20. The Balaban J connectivity index is 2.18. The Morgan fingerprint density at radius 1 is 1.58 bits per heavy atom. The second-order valence-electron chi connectivity index (χ2n) is 3.43. The van der Waals surface area contributed by atoms with E-state index in [2.05, 4.69) is 32.1 Å². The first kappa shape index (κ1) is 8.00. The molecule has 64 valence electrons. The van der Waals surface area contributed by atoms with E-state index in [0.29, 0.717) is 0 Å². The van der Waals surface area contributed by atoms with Gasteiger partial charge in [0.2, 0.25) is 0 Å². The molecule has 3 heteroatoms. The highest BCUT2D eigenvalue weighted by molar-refractivity contribution is 7.28. The van der Waals surface area contributed by atoms with Gasteiger partial charge in [0.1, 0.15) is 5.82 Å². The molecule has 1 aliphatic heterocycles. The van der Waals surface area contributed by atoms with E-state index in [1.807, 2.05) is 12.3 Å². The summed E-state index contributed by atoms with van der Waals surface area (Å²) in [5.74, 6) is 1.96. The molecule has 0 aromatic carbocycles. The van der Waals surface area contributed by atoms with Crippen LogP contribution < -0.4 is 10.2 Å². The molecular weight excluding hydrogens is 167 g/mol. The highest BCUT2D eigenvalue weighted by Gasteiger charge is 2.24. The molecule has 1 aromatic heterocycles. The van der Waals surface area contributed by atoms with Crippen molar-refractivity contribution in [2.24, 2.45) is 5.92 Å². The lowest BCUT2D eigenvalue weighted by Gasteiger charge is -2.38. The second kappa shape index (κ2) is 3.02. The normalized spacial score (nSPS) is 17.7. The smallest absolute Gasteiger partial charge is 0.135 e. The molecule has 2 rings (SSSR count). The fourth-order valence-corrected chi connectivity index (χ4v) is 1.91. The molecule has 1 aliphatic rings. The highest BCUT2D eigenvalue weighted by atomic mass is 31.0. The van der Waals surface area contributed by atoms with Crippen molar-refractivity contribution in [3.63, 3.8) is 0 Å². The van der Waals surface area contributed by atoms with Crippen LogP contribution in [0.1, 0.15) is 6.92 Å². The summed E-state index contributed by atoms with van der Waals surface area (Å²) in [4.78, 5) is 6.65. The van der Waals surface area contributed by atoms with Crippen molar-refractivity contribution in [3.05, 3.63) is 18.3 Å². The third kappa shape index (κ3) is 1.32. The Morgan fingerprint density at radius 2 is 2.33 bits per heavy atom. The summed E-state index contributed by atoms with van der Waals surface area (Å²) in [5, 5.41) is 1.20.